The van der Waals surface area contributed by atoms with Crippen LogP contribution in [-0.2, 0) is 4.79 Å². The zero-order valence-corrected chi connectivity index (χ0v) is 9.50. The molecule has 2 unspecified atom stereocenters. The number of nitrogens with one attached hydrogen (secondary N) is 2. The third-order valence-corrected chi connectivity index (χ3v) is 1.76. The second-order valence-electron chi connectivity index (χ2n) is 4.09. The average molecular weight is 202 g/mol. The molecule has 3 N–H and O–H groups in total. The van der Waals surface area contributed by atoms with Gasteiger partial charge in [0.15, 0.2) is 0 Å². The Kier molecular flexibility index (Phi) is 6.49. The van der Waals surface area contributed by atoms with Crippen molar-refractivity contribution in [3.63, 3.8) is 0 Å². The van der Waals surface area contributed by atoms with E-state index >= 15 is 0 Å². The van der Waals surface area contributed by atoms with Crippen LogP contribution in [0.15, 0.2) is 0 Å². The molecule has 0 aliphatic heterocycles. The quantitative estimate of drug-likeness (QED) is 0.579. The van der Waals surface area contributed by atoms with E-state index in [-0.39, 0.29) is 24.1 Å². The van der Waals surface area contributed by atoms with E-state index in [0.717, 1.165) is 0 Å². The van der Waals surface area contributed by atoms with Gasteiger partial charge in [-0.1, -0.05) is 0 Å². The van der Waals surface area contributed by atoms with Crippen LogP contribution in [0.1, 0.15) is 34.1 Å². The molecule has 0 aliphatic carbocycles. The van der Waals surface area contributed by atoms with Crippen LogP contribution in [-0.4, -0.2) is 35.7 Å². The minimum atomic E-state index is -0.328. The molecule has 0 aromatic carbocycles. The van der Waals surface area contributed by atoms with Crippen molar-refractivity contribution in [1.82, 2.24) is 10.6 Å². The van der Waals surface area contributed by atoms with Crippen LogP contribution in [0, 0.1) is 0 Å². The van der Waals surface area contributed by atoms with Crippen molar-refractivity contribution in [3.8, 4) is 0 Å². The smallest absolute Gasteiger partial charge is 0.234 e. The molecular formula is C10H22N2O2. The molecule has 84 valence electrons. The summed E-state index contributed by atoms with van der Waals surface area (Å²) >= 11 is 0. The molecule has 0 aliphatic rings. The first-order valence-corrected chi connectivity index (χ1v) is 5.12. The molecule has 0 rings (SSSR count). The molecule has 0 bridgehead atoms. The molecule has 0 saturated heterocycles. The van der Waals surface area contributed by atoms with Crippen LogP contribution in [0.4, 0.5) is 0 Å². The van der Waals surface area contributed by atoms with E-state index in [4.69, 9.17) is 5.11 Å². The highest BCUT2D eigenvalue weighted by Crippen LogP contribution is 1.95. The summed E-state index contributed by atoms with van der Waals surface area (Å²) in [6.45, 7) is 7.86. The number of aliphatic hydroxyl groups is 1. The lowest BCUT2D eigenvalue weighted by atomic mass is 10.1. The van der Waals surface area contributed by atoms with Gasteiger partial charge in [0.1, 0.15) is 0 Å². The monoisotopic (exact) mass is 202 g/mol. The number of hydrogen-bond acceptors (Lipinski definition) is 3. The molecule has 0 radical (unpaired) electrons. The summed E-state index contributed by atoms with van der Waals surface area (Å²) < 4.78 is 0. The van der Waals surface area contributed by atoms with E-state index in [0.29, 0.717) is 13.0 Å². The summed E-state index contributed by atoms with van der Waals surface area (Å²) in [7, 11) is 0. The van der Waals surface area contributed by atoms with Gasteiger partial charge in [0.05, 0.1) is 12.6 Å². The van der Waals surface area contributed by atoms with E-state index in [1.54, 1.807) is 6.92 Å². The molecule has 2 atom stereocenters. The van der Waals surface area contributed by atoms with Gasteiger partial charge < -0.3 is 15.7 Å². The molecule has 0 heterocycles. The summed E-state index contributed by atoms with van der Waals surface area (Å²) in [5.74, 6) is -0.00237. The van der Waals surface area contributed by atoms with Gasteiger partial charge >= 0.3 is 0 Å². The summed E-state index contributed by atoms with van der Waals surface area (Å²) in [4.78, 5) is 11.2. The highest BCUT2D eigenvalue weighted by molar-refractivity contribution is 5.78. The van der Waals surface area contributed by atoms with Crippen molar-refractivity contribution in [3.05, 3.63) is 0 Å². The molecule has 0 spiro atoms. The third kappa shape index (κ3) is 8.01. The Morgan fingerprint density at radius 2 is 1.86 bits per heavy atom. The van der Waals surface area contributed by atoms with Crippen molar-refractivity contribution in [2.75, 3.05) is 6.54 Å². The van der Waals surface area contributed by atoms with Crippen LogP contribution in [0.3, 0.4) is 0 Å². The molecule has 4 nitrogen and oxygen atoms in total. The summed E-state index contributed by atoms with van der Waals surface area (Å²) in [5.41, 5.74) is 0. The van der Waals surface area contributed by atoms with Crippen LogP contribution in [0.2, 0.25) is 0 Å². The Labute approximate surface area is 86.1 Å². The van der Waals surface area contributed by atoms with E-state index in [9.17, 15) is 4.79 Å². The van der Waals surface area contributed by atoms with Crippen molar-refractivity contribution < 1.29 is 9.90 Å². The number of carbonyl (C=O) groups is 1. The van der Waals surface area contributed by atoms with E-state index in [1.807, 2.05) is 20.8 Å². The molecule has 4 heteroatoms. The van der Waals surface area contributed by atoms with Crippen LogP contribution in [0.5, 0.6) is 0 Å². The maximum atomic E-state index is 11.2. The molecule has 0 saturated carbocycles. The lowest BCUT2D eigenvalue weighted by Gasteiger charge is -2.15. The van der Waals surface area contributed by atoms with Crippen molar-refractivity contribution in [2.45, 2.75) is 52.3 Å². The lowest BCUT2D eigenvalue weighted by molar-refractivity contribution is -0.120. The standard InChI is InChI=1S/C10H22N2O2/c1-7(2)12-10(14)6-11-8(3)5-9(4)13/h7-9,11,13H,5-6H2,1-4H3,(H,12,14). The van der Waals surface area contributed by atoms with Crippen LogP contribution >= 0.6 is 0 Å². The maximum Gasteiger partial charge on any atom is 0.234 e. The van der Waals surface area contributed by atoms with E-state index in [2.05, 4.69) is 10.6 Å². The second kappa shape index (κ2) is 6.79. The predicted octanol–water partition coefficient (Wildman–Crippen LogP) is 0.260. The molecule has 0 fully saturated rings. The number of amides is 1. The summed E-state index contributed by atoms with van der Waals surface area (Å²) in [5, 5.41) is 14.9. The normalized spacial score (nSPS) is 15.3. The van der Waals surface area contributed by atoms with E-state index < -0.39 is 0 Å². The van der Waals surface area contributed by atoms with Crippen molar-refractivity contribution in [1.29, 1.82) is 0 Å². The Bertz CT molecular complexity index is 170. The fourth-order valence-electron chi connectivity index (χ4n) is 1.23. The minimum absolute atomic E-state index is 0.00237. The Morgan fingerprint density at radius 3 is 2.29 bits per heavy atom. The average Bonchev–Trinajstić information content (AvgIpc) is 1.98. The molecule has 0 aromatic heterocycles. The summed E-state index contributed by atoms with van der Waals surface area (Å²) in [6.07, 6.45) is 0.334. The van der Waals surface area contributed by atoms with Gasteiger partial charge in [0.25, 0.3) is 0 Å². The van der Waals surface area contributed by atoms with Gasteiger partial charge in [0, 0.05) is 12.1 Å². The highest BCUT2D eigenvalue weighted by Gasteiger charge is 2.08. The highest BCUT2D eigenvalue weighted by atomic mass is 16.3. The van der Waals surface area contributed by atoms with Crippen LogP contribution in [0.25, 0.3) is 0 Å². The SMILES string of the molecule is CC(O)CC(C)NCC(=O)NC(C)C. The zero-order chi connectivity index (χ0) is 11.1. The maximum absolute atomic E-state index is 11.2. The zero-order valence-electron chi connectivity index (χ0n) is 9.50. The van der Waals surface area contributed by atoms with Gasteiger partial charge in [-0.05, 0) is 34.1 Å². The Morgan fingerprint density at radius 1 is 1.29 bits per heavy atom. The van der Waals surface area contributed by atoms with Gasteiger partial charge in [0.2, 0.25) is 5.91 Å². The van der Waals surface area contributed by atoms with Crippen LogP contribution < -0.4 is 10.6 Å². The number of rotatable bonds is 6. The first-order chi connectivity index (χ1) is 6.41. The molecule has 0 aromatic rings. The fraction of sp³-hybridized carbons (Fsp3) is 0.900. The van der Waals surface area contributed by atoms with E-state index in [1.165, 1.54) is 0 Å². The first kappa shape index (κ1) is 13.4. The van der Waals surface area contributed by atoms with Gasteiger partial charge in [-0.15, -0.1) is 0 Å². The minimum Gasteiger partial charge on any atom is -0.393 e. The predicted molar refractivity (Wildman–Crippen MR) is 57.0 cm³/mol. The number of hydrogen-bond donors (Lipinski definition) is 3. The summed E-state index contributed by atoms with van der Waals surface area (Å²) in [6, 6.07) is 0.337. The number of aliphatic hydroxyl groups excluding tert-OH is 1. The van der Waals surface area contributed by atoms with Gasteiger partial charge in [-0.3, -0.25) is 4.79 Å². The second-order valence-corrected chi connectivity index (χ2v) is 4.09. The topological polar surface area (TPSA) is 61.4 Å². The third-order valence-electron chi connectivity index (χ3n) is 1.76. The van der Waals surface area contributed by atoms with Crippen molar-refractivity contribution in [2.24, 2.45) is 0 Å². The van der Waals surface area contributed by atoms with Gasteiger partial charge in [-0.25, -0.2) is 0 Å². The van der Waals surface area contributed by atoms with Gasteiger partial charge in [-0.2, -0.15) is 0 Å². The van der Waals surface area contributed by atoms with Crippen molar-refractivity contribution >= 4 is 5.91 Å². The fourth-order valence-corrected chi connectivity index (χ4v) is 1.23. The first-order valence-electron chi connectivity index (χ1n) is 5.12. The number of carbonyl (C=O) groups excluding carboxylic acids is 1. The molecular weight excluding hydrogens is 180 g/mol. The Hall–Kier alpha value is -0.610. The largest absolute Gasteiger partial charge is 0.393 e. The molecule has 14 heavy (non-hydrogen) atoms. The Balaban J connectivity index is 3.56. The lowest BCUT2D eigenvalue weighted by Crippen LogP contribution is -2.41. The molecule has 1 amide bonds.